The van der Waals surface area contributed by atoms with E-state index in [1.54, 1.807) is 4.90 Å². The van der Waals surface area contributed by atoms with Crippen LogP contribution in [0.1, 0.15) is 103 Å². The summed E-state index contributed by atoms with van der Waals surface area (Å²) in [6.07, 6.45) is 20.9. The molecule has 3 heterocycles. The number of carboxylic acid groups (broad SMARTS) is 1. The number of aliphatic hydroxyl groups excluding tert-OH is 2. The zero-order valence-electron chi connectivity index (χ0n) is 31.4. The molecular weight excluding hydrogens is 727 g/mol. The third-order valence-corrected chi connectivity index (χ3v) is 11.6. The second-order valence-corrected chi connectivity index (χ2v) is 17.5. The molecule has 0 spiro atoms. The number of allylic oxidation sites excluding steroid dienone is 2. The summed E-state index contributed by atoms with van der Waals surface area (Å²) in [6, 6.07) is -0.898. The minimum Gasteiger partial charge on any atom is -0.748 e. The molecule has 2 aliphatic rings. The molecule has 16 nitrogen and oxygen atoms in total. The summed E-state index contributed by atoms with van der Waals surface area (Å²) in [6.45, 7) is 2.48. The fourth-order valence-corrected chi connectivity index (χ4v) is 7.94. The Kier molecular flexibility index (Phi) is 22.2. The highest BCUT2D eigenvalue weighted by molar-refractivity contribution is 7.96. The van der Waals surface area contributed by atoms with E-state index in [1.165, 1.54) is 64.1 Å². The molecule has 304 valence electrons. The second-order valence-electron chi connectivity index (χ2n) is 13.6. The molecule has 0 radical (unpaired) electrons. The van der Waals surface area contributed by atoms with Gasteiger partial charge in [0.25, 0.3) is 0 Å². The smallest absolute Gasteiger partial charge is 0.320 e. The number of nitrogens with zero attached hydrogens (tertiary/aromatic N) is 3. The predicted octanol–water partition coefficient (Wildman–Crippen LogP) is 2.43. The Morgan fingerprint density at radius 2 is 1.70 bits per heavy atom. The zero-order valence-corrected chi connectivity index (χ0v) is 33.0. The number of nitrogens with two attached hydrogens (primary N) is 2. The standard InChI is InChI=1S/C20H39NO4S.C15H24N6O5S/c1-2-3-4-5-6-7-8-9-10-11-12-13-14-15-16-17-20(22)21-18-19-26(23,24)25;1-27(3-2-7(16)15(24)25)4-8-10(22)11(23)14(26-8)21-6-20-9-12(17)18-5-19-13(9)21/h9-10H,2-8,11-19H2,1H3,(H,21,22)(H,23,24,25);5,7-8,10-11,14,20,22-23H,2-4,6,16H2,1H3,(H2-,17,18,19,24,25)/b10-9-;/t;7-,8+,10+,11+,14+,27?/m.0/s1. The first-order valence-corrected chi connectivity index (χ1v) is 22.3. The molecule has 1 amide bonds. The fourth-order valence-electron chi connectivity index (χ4n) is 5.93. The summed E-state index contributed by atoms with van der Waals surface area (Å²) >= 11 is 0. The number of carbonyl (C=O) groups is 2. The monoisotopic (exact) mass is 789 g/mol. The third kappa shape index (κ3) is 18.4. The largest absolute Gasteiger partial charge is 0.748 e. The number of carboxylic acids is 1. The average molecular weight is 790 g/mol. The van der Waals surface area contributed by atoms with Crippen molar-refractivity contribution in [3.8, 4) is 0 Å². The van der Waals surface area contributed by atoms with Crippen LogP contribution in [0.5, 0.6) is 0 Å². The molecule has 53 heavy (non-hydrogen) atoms. The molecule has 0 bridgehead atoms. The molecule has 9 N–H and O–H groups in total. The molecule has 0 aromatic carbocycles. The number of nitrogens with one attached hydrogen (secondary N) is 2. The van der Waals surface area contributed by atoms with Crippen molar-refractivity contribution in [2.24, 2.45) is 5.73 Å². The maximum Gasteiger partial charge on any atom is 0.320 e. The van der Waals surface area contributed by atoms with Gasteiger partial charge in [0.05, 0.1) is 28.8 Å². The lowest BCUT2D eigenvalue weighted by molar-refractivity contribution is -0.138. The van der Waals surface area contributed by atoms with Crippen LogP contribution < -0.4 is 27.0 Å². The number of nitrogen functional groups attached to an aromatic ring is 1. The van der Waals surface area contributed by atoms with Gasteiger partial charge in [-0.2, -0.15) is 0 Å². The van der Waals surface area contributed by atoms with Crippen molar-refractivity contribution in [1.82, 2.24) is 15.3 Å². The van der Waals surface area contributed by atoms with Gasteiger partial charge in [0.2, 0.25) is 5.91 Å². The van der Waals surface area contributed by atoms with E-state index in [4.69, 9.17) is 21.3 Å². The molecule has 1 saturated heterocycles. The number of unbranched alkanes of at least 4 members (excludes halogenated alkanes) is 11. The summed E-state index contributed by atoms with van der Waals surface area (Å²) < 4.78 is 37.2. The van der Waals surface area contributed by atoms with Crippen molar-refractivity contribution in [1.29, 1.82) is 0 Å². The lowest BCUT2D eigenvalue weighted by atomic mass is 10.1. The summed E-state index contributed by atoms with van der Waals surface area (Å²) in [7, 11) is -4.46. The van der Waals surface area contributed by atoms with E-state index < -0.39 is 52.4 Å². The zero-order chi connectivity index (χ0) is 39.2. The van der Waals surface area contributed by atoms with E-state index in [-0.39, 0.29) is 23.3 Å². The van der Waals surface area contributed by atoms with Crippen LogP contribution in [-0.4, -0.2) is 117 Å². The van der Waals surface area contributed by atoms with Gasteiger partial charge in [-0.3, -0.25) is 9.59 Å². The van der Waals surface area contributed by atoms with Crippen LogP contribution in [0, 0.1) is 0 Å². The number of ether oxygens (including phenoxy) is 1. The molecule has 1 unspecified atom stereocenters. The van der Waals surface area contributed by atoms with Crippen LogP contribution in [0.15, 0.2) is 18.5 Å². The number of fused-ring (bicyclic) bond motifs is 1. The third-order valence-electron chi connectivity index (χ3n) is 9.08. The SMILES string of the molecule is CCCCCCCC/C=C\CCCCCCCC(=O)NCCS(=O)(=O)[O-].C[S+](CC[C@H](N)C(=O)O)C[C@H]1O[C@@H](N2CNc3c(N)ncnc32)[C@H](O)[C@@H]1O. The van der Waals surface area contributed by atoms with Crippen molar-refractivity contribution in [3.05, 3.63) is 18.5 Å². The molecule has 0 aliphatic carbocycles. The van der Waals surface area contributed by atoms with Crippen molar-refractivity contribution in [3.63, 3.8) is 0 Å². The predicted molar refractivity (Wildman–Crippen MR) is 208 cm³/mol. The van der Waals surface area contributed by atoms with E-state index in [1.807, 2.05) is 6.26 Å². The van der Waals surface area contributed by atoms with Gasteiger partial charge in [-0.15, -0.1) is 0 Å². The Balaban J connectivity index is 0.000000367. The highest BCUT2D eigenvalue weighted by atomic mass is 32.2. The lowest BCUT2D eigenvalue weighted by Gasteiger charge is -2.26. The van der Waals surface area contributed by atoms with E-state index in [0.717, 1.165) is 25.7 Å². The minimum absolute atomic E-state index is 0.0876. The van der Waals surface area contributed by atoms with E-state index in [2.05, 4.69) is 39.7 Å². The van der Waals surface area contributed by atoms with Crippen molar-refractivity contribution in [2.45, 2.75) is 134 Å². The number of rotatable bonds is 25. The highest BCUT2D eigenvalue weighted by Gasteiger charge is 2.49. The Hall–Kier alpha value is -2.74. The number of carbonyl (C=O) groups excluding carboxylic acids is 1. The van der Waals surface area contributed by atoms with Gasteiger partial charge >= 0.3 is 5.97 Å². The summed E-state index contributed by atoms with van der Waals surface area (Å²) in [5.41, 5.74) is 11.9. The molecule has 3 rings (SSSR count). The van der Waals surface area contributed by atoms with E-state index in [0.29, 0.717) is 48.3 Å². The average Bonchev–Trinajstić information content (AvgIpc) is 3.65. The first-order valence-electron chi connectivity index (χ1n) is 18.8. The molecule has 2 aliphatic heterocycles. The van der Waals surface area contributed by atoms with Gasteiger partial charge in [0.15, 0.2) is 17.9 Å². The Morgan fingerprint density at radius 1 is 1.08 bits per heavy atom. The van der Waals surface area contributed by atoms with Gasteiger partial charge < -0.3 is 51.6 Å². The quantitative estimate of drug-likeness (QED) is 0.0325. The van der Waals surface area contributed by atoms with E-state index in [9.17, 15) is 32.8 Å². The number of hydrogen-bond acceptors (Lipinski definition) is 14. The number of aromatic nitrogens is 2. The van der Waals surface area contributed by atoms with Crippen molar-refractivity contribution < 1.29 is 42.6 Å². The summed E-state index contributed by atoms with van der Waals surface area (Å²) in [4.78, 5) is 32.1. The number of hydrogen-bond donors (Lipinski definition) is 7. The van der Waals surface area contributed by atoms with Gasteiger partial charge in [-0.25, -0.2) is 18.4 Å². The van der Waals surface area contributed by atoms with Gasteiger partial charge in [-0.05, 0) is 43.0 Å². The normalized spacial score (nSPS) is 20.8. The van der Waals surface area contributed by atoms with Crippen LogP contribution in [0.4, 0.5) is 17.3 Å². The van der Waals surface area contributed by atoms with Crippen molar-refractivity contribution >= 4 is 50.2 Å². The van der Waals surface area contributed by atoms with Crippen molar-refractivity contribution in [2.75, 3.05) is 52.7 Å². The van der Waals surface area contributed by atoms with Gasteiger partial charge in [0, 0.05) is 19.4 Å². The first-order chi connectivity index (χ1) is 25.2. The molecule has 6 atom stereocenters. The van der Waals surface area contributed by atoms with Crippen LogP contribution >= 0.6 is 0 Å². The molecule has 1 aromatic heterocycles. The Bertz CT molecular complexity index is 1360. The van der Waals surface area contributed by atoms with Crippen LogP contribution in [0.2, 0.25) is 0 Å². The number of aliphatic carboxylic acids is 1. The maximum absolute atomic E-state index is 11.4. The topological polar surface area (TPSA) is 266 Å². The second kappa shape index (κ2) is 25.4. The highest BCUT2D eigenvalue weighted by Crippen LogP contribution is 2.37. The Morgan fingerprint density at radius 3 is 2.32 bits per heavy atom. The molecule has 1 fully saturated rings. The summed E-state index contributed by atoms with van der Waals surface area (Å²) in [5, 5.41) is 35.3. The van der Waals surface area contributed by atoms with Crippen LogP contribution in [0.3, 0.4) is 0 Å². The fraction of sp³-hybridized carbons (Fsp3) is 0.771. The minimum atomic E-state index is -4.24. The van der Waals surface area contributed by atoms with E-state index >= 15 is 0 Å². The summed E-state index contributed by atoms with van der Waals surface area (Å²) in [5.74, 6) is 0.192. The number of anilines is 3. The van der Waals surface area contributed by atoms with Gasteiger partial charge in [-0.1, -0.05) is 70.4 Å². The van der Waals surface area contributed by atoms with Crippen LogP contribution in [-0.2, 0) is 35.3 Å². The first kappa shape index (κ1) is 46.4. The Labute approximate surface area is 318 Å². The maximum atomic E-state index is 11.4. The number of amides is 1. The molecular formula is C35H63N7O9S2. The molecule has 1 aromatic rings. The lowest BCUT2D eigenvalue weighted by Crippen LogP contribution is -2.44. The molecule has 18 heteroatoms. The van der Waals surface area contributed by atoms with Crippen LogP contribution in [0.25, 0.3) is 0 Å². The number of aliphatic hydroxyl groups is 2. The van der Waals surface area contributed by atoms with Gasteiger partial charge in [0.1, 0.15) is 47.9 Å². The molecule has 0 saturated carbocycles.